The highest BCUT2D eigenvalue weighted by molar-refractivity contribution is 7.18. The molecule has 1 N–H and O–H groups in total. The Labute approximate surface area is 199 Å². The highest BCUT2D eigenvalue weighted by Crippen LogP contribution is 2.48. The Morgan fingerprint density at radius 2 is 1.82 bits per heavy atom. The first-order valence-corrected chi connectivity index (χ1v) is 12.4. The molecule has 0 bridgehead atoms. The van der Waals surface area contributed by atoms with Gasteiger partial charge in [-0.3, -0.25) is 9.59 Å². The second-order valence-electron chi connectivity index (χ2n) is 8.61. The van der Waals surface area contributed by atoms with Crippen LogP contribution in [0.5, 0.6) is 0 Å². The van der Waals surface area contributed by atoms with E-state index in [0.717, 1.165) is 29.8 Å². The number of hydrogen-bond acceptors (Lipinski definition) is 5. The second kappa shape index (κ2) is 10.7. The van der Waals surface area contributed by atoms with Crippen molar-refractivity contribution in [3.8, 4) is 10.6 Å². The molecule has 1 aliphatic carbocycles. The third-order valence-corrected chi connectivity index (χ3v) is 6.90. The Hall–Kier alpha value is -3.06. The summed E-state index contributed by atoms with van der Waals surface area (Å²) < 4.78 is 0. The third-order valence-electron chi connectivity index (χ3n) is 6.01. The van der Waals surface area contributed by atoms with E-state index in [1.807, 2.05) is 54.3 Å². The molecular weight excluding hydrogens is 432 g/mol. The minimum absolute atomic E-state index is 0.0348. The topological polar surface area (TPSA) is 75.2 Å². The van der Waals surface area contributed by atoms with Gasteiger partial charge in [0.25, 0.3) is 0 Å². The monoisotopic (exact) mass is 462 g/mol. The van der Waals surface area contributed by atoms with E-state index in [9.17, 15) is 9.59 Å². The van der Waals surface area contributed by atoms with Gasteiger partial charge in [0, 0.05) is 31.0 Å². The zero-order chi connectivity index (χ0) is 23.2. The van der Waals surface area contributed by atoms with E-state index in [-0.39, 0.29) is 24.2 Å². The number of anilines is 1. The average Bonchev–Trinajstić information content (AvgIpc) is 3.51. The largest absolute Gasteiger partial charge is 0.342 e. The van der Waals surface area contributed by atoms with Crippen molar-refractivity contribution in [1.29, 1.82) is 0 Å². The van der Waals surface area contributed by atoms with Crippen LogP contribution in [-0.4, -0.2) is 40.0 Å². The van der Waals surface area contributed by atoms with Gasteiger partial charge in [-0.1, -0.05) is 84.8 Å². The van der Waals surface area contributed by atoms with Gasteiger partial charge in [0.1, 0.15) is 5.01 Å². The molecule has 0 saturated heterocycles. The molecule has 1 heterocycles. The van der Waals surface area contributed by atoms with Gasteiger partial charge in [-0.2, -0.15) is 0 Å². The number of aryl methyl sites for hydroxylation is 1. The fourth-order valence-electron chi connectivity index (χ4n) is 3.96. The fourth-order valence-corrected chi connectivity index (χ4v) is 4.72. The number of nitrogens with one attached hydrogen (secondary N) is 1. The summed E-state index contributed by atoms with van der Waals surface area (Å²) in [5.41, 5.74) is 3.39. The van der Waals surface area contributed by atoms with E-state index in [4.69, 9.17) is 0 Å². The zero-order valence-electron chi connectivity index (χ0n) is 19.2. The second-order valence-corrected chi connectivity index (χ2v) is 9.59. The highest BCUT2D eigenvalue weighted by atomic mass is 32.1. The summed E-state index contributed by atoms with van der Waals surface area (Å²) in [4.78, 5) is 27.6. The van der Waals surface area contributed by atoms with Crippen molar-refractivity contribution in [3.05, 3.63) is 65.7 Å². The Morgan fingerprint density at radius 1 is 1.06 bits per heavy atom. The molecule has 2 amide bonds. The Bertz CT molecular complexity index is 1080. The number of hydrogen-bond donors (Lipinski definition) is 1. The minimum atomic E-state index is -0.147. The first kappa shape index (κ1) is 23.1. The molecule has 2 atom stereocenters. The van der Waals surface area contributed by atoms with Crippen molar-refractivity contribution < 1.29 is 9.59 Å². The molecule has 3 aromatic rings. The van der Waals surface area contributed by atoms with Gasteiger partial charge in [0.05, 0.1) is 0 Å². The number of benzene rings is 2. The number of carbonyl (C=O) groups excluding carboxylic acids is 2. The number of rotatable bonds is 10. The normalized spacial score (nSPS) is 16.9. The van der Waals surface area contributed by atoms with Gasteiger partial charge < -0.3 is 10.2 Å². The van der Waals surface area contributed by atoms with Crippen LogP contribution in [0.25, 0.3) is 10.6 Å². The molecule has 1 saturated carbocycles. The lowest BCUT2D eigenvalue weighted by Crippen LogP contribution is -2.36. The molecule has 1 aromatic heterocycles. The number of nitrogens with zero attached hydrogens (tertiary/aromatic N) is 3. The van der Waals surface area contributed by atoms with Crippen molar-refractivity contribution in [1.82, 2.24) is 15.1 Å². The van der Waals surface area contributed by atoms with Crippen LogP contribution in [-0.2, 0) is 9.59 Å². The smallest absolute Gasteiger partial charge is 0.227 e. The highest BCUT2D eigenvalue weighted by Gasteiger charge is 2.45. The molecule has 1 aliphatic rings. The molecule has 33 heavy (non-hydrogen) atoms. The standard InChI is InChI=1S/C26H30N4O2S/c1-3-4-15-30(25(32)22-17-21(22)19-8-6-5-7-9-19)16-14-23(31)27-26-29-28-24(33-26)20-12-10-18(2)11-13-20/h5-13,21-22H,3-4,14-17H2,1-2H3,(H,27,29,31). The van der Waals surface area contributed by atoms with Crippen molar-refractivity contribution >= 4 is 28.3 Å². The lowest BCUT2D eigenvalue weighted by Gasteiger charge is -2.22. The average molecular weight is 463 g/mol. The van der Waals surface area contributed by atoms with Crippen molar-refractivity contribution in [2.75, 3.05) is 18.4 Å². The van der Waals surface area contributed by atoms with Crippen LogP contribution in [0.4, 0.5) is 5.13 Å². The van der Waals surface area contributed by atoms with Gasteiger partial charge in [-0.25, -0.2) is 0 Å². The summed E-state index contributed by atoms with van der Waals surface area (Å²) in [6, 6.07) is 18.3. The SMILES string of the molecule is CCCCN(CCC(=O)Nc1nnc(-c2ccc(C)cc2)s1)C(=O)C1CC1c1ccccc1. The molecular formula is C26H30N4O2S. The molecule has 4 rings (SSSR count). The molecule has 0 spiro atoms. The van der Waals surface area contributed by atoms with Crippen LogP contribution in [0.2, 0.25) is 0 Å². The van der Waals surface area contributed by atoms with Gasteiger partial charge in [0.15, 0.2) is 0 Å². The van der Waals surface area contributed by atoms with Crippen LogP contribution < -0.4 is 5.32 Å². The maximum Gasteiger partial charge on any atom is 0.227 e. The zero-order valence-corrected chi connectivity index (χ0v) is 20.0. The quantitative estimate of drug-likeness (QED) is 0.445. The van der Waals surface area contributed by atoms with Crippen molar-refractivity contribution in [2.24, 2.45) is 5.92 Å². The van der Waals surface area contributed by atoms with E-state index in [1.165, 1.54) is 22.5 Å². The van der Waals surface area contributed by atoms with E-state index in [0.29, 0.717) is 24.1 Å². The Kier molecular flexibility index (Phi) is 7.50. The van der Waals surface area contributed by atoms with Gasteiger partial charge in [0.2, 0.25) is 16.9 Å². The lowest BCUT2D eigenvalue weighted by atomic mass is 10.1. The summed E-state index contributed by atoms with van der Waals surface area (Å²) in [6.45, 7) is 5.26. The fraction of sp³-hybridized carbons (Fsp3) is 0.385. The van der Waals surface area contributed by atoms with E-state index >= 15 is 0 Å². The Balaban J connectivity index is 1.31. The molecule has 7 heteroatoms. The molecule has 172 valence electrons. The van der Waals surface area contributed by atoms with Crippen LogP contribution in [0, 0.1) is 12.8 Å². The maximum atomic E-state index is 13.1. The summed E-state index contributed by atoms with van der Waals surface area (Å²) in [7, 11) is 0. The first-order chi connectivity index (χ1) is 16.0. The van der Waals surface area contributed by atoms with Gasteiger partial charge >= 0.3 is 0 Å². The Morgan fingerprint density at radius 3 is 2.55 bits per heavy atom. The van der Waals surface area contributed by atoms with E-state index < -0.39 is 0 Å². The number of amides is 2. The van der Waals surface area contributed by atoms with Gasteiger partial charge in [-0.05, 0) is 31.2 Å². The number of carbonyl (C=O) groups is 2. The molecule has 1 fully saturated rings. The summed E-state index contributed by atoms with van der Waals surface area (Å²) in [5, 5.41) is 12.4. The number of unbranched alkanes of at least 4 members (excludes halogenated alkanes) is 1. The predicted molar refractivity (Wildman–Crippen MR) is 132 cm³/mol. The molecule has 2 aromatic carbocycles. The van der Waals surface area contributed by atoms with Crippen LogP contribution >= 0.6 is 11.3 Å². The summed E-state index contributed by atoms with van der Waals surface area (Å²) in [5.74, 6) is 0.361. The van der Waals surface area contributed by atoms with Crippen molar-refractivity contribution in [2.45, 2.75) is 45.4 Å². The first-order valence-electron chi connectivity index (χ1n) is 11.6. The molecule has 6 nitrogen and oxygen atoms in total. The van der Waals surface area contributed by atoms with Crippen LogP contribution in [0.15, 0.2) is 54.6 Å². The summed E-state index contributed by atoms with van der Waals surface area (Å²) >= 11 is 1.35. The van der Waals surface area contributed by atoms with Crippen LogP contribution in [0.3, 0.4) is 0 Å². The maximum absolute atomic E-state index is 13.1. The van der Waals surface area contributed by atoms with Gasteiger partial charge in [-0.15, -0.1) is 10.2 Å². The van der Waals surface area contributed by atoms with Crippen molar-refractivity contribution in [3.63, 3.8) is 0 Å². The molecule has 0 aliphatic heterocycles. The molecule has 2 unspecified atom stereocenters. The van der Waals surface area contributed by atoms with E-state index in [1.54, 1.807) is 0 Å². The number of aromatic nitrogens is 2. The lowest BCUT2D eigenvalue weighted by molar-refractivity contribution is -0.133. The van der Waals surface area contributed by atoms with Crippen LogP contribution in [0.1, 0.15) is 49.7 Å². The molecule has 0 radical (unpaired) electrons. The summed E-state index contributed by atoms with van der Waals surface area (Å²) in [6.07, 6.45) is 3.09. The van der Waals surface area contributed by atoms with E-state index in [2.05, 4.69) is 34.6 Å². The third kappa shape index (κ3) is 6.05. The minimum Gasteiger partial charge on any atom is -0.342 e. The predicted octanol–water partition coefficient (Wildman–Crippen LogP) is 5.27.